The van der Waals surface area contributed by atoms with Crippen LogP contribution >= 0.6 is 23.2 Å². The van der Waals surface area contributed by atoms with Crippen LogP contribution in [0.4, 0.5) is 0 Å². The van der Waals surface area contributed by atoms with Gasteiger partial charge in [0.25, 0.3) is 11.8 Å². The number of rotatable bonds is 12. The number of hydrogen-bond donors (Lipinski definition) is 2. The molecule has 0 bridgehead atoms. The lowest BCUT2D eigenvalue weighted by atomic mass is 10.1. The van der Waals surface area contributed by atoms with E-state index in [1.807, 2.05) is 84.9 Å². The van der Waals surface area contributed by atoms with E-state index in [1.165, 1.54) is 12.3 Å². The Kier molecular flexibility index (Phi) is 10.8. The maximum Gasteiger partial charge on any atom is 0.262 e. The van der Waals surface area contributed by atoms with E-state index in [2.05, 4.69) is 15.8 Å². The van der Waals surface area contributed by atoms with Crippen LogP contribution in [0.2, 0.25) is 10.0 Å². The molecule has 210 valence electrons. The lowest BCUT2D eigenvalue weighted by molar-refractivity contribution is -0.132. The number of benzene rings is 4. The summed E-state index contributed by atoms with van der Waals surface area (Å²) in [4.78, 5) is 26.0. The highest BCUT2D eigenvalue weighted by molar-refractivity contribution is 6.35. The summed E-state index contributed by atoms with van der Waals surface area (Å²) in [6.45, 7) is 2.04. The molecule has 9 heteroatoms. The van der Waals surface area contributed by atoms with Crippen LogP contribution in [0.15, 0.2) is 108 Å². The molecule has 2 atom stereocenters. The zero-order chi connectivity index (χ0) is 29.0. The van der Waals surface area contributed by atoms with Crippen molar-refractivity contribution in [2.45, 2.75) is 32.1 Å². The third-order valence-corrected chi connectivity index (χ3v) is 6.53. The Morgan fingerprint density at radius 3 is 2.17 bits per heavy atom. The Hall–Kier alpha value is -4.33. The smallest absolute Gasteiger partial charge is 0.262 e. The van der Waals surface area contributed by atoms with E-state index in [4.69, 9.17) is 32.7 Å². The van der Waals surface area contributed by atoms with Gasteiger partial charge in [-0.25, -0.2) is 5.43 Å². The van der Waals surface area contributed by atoms with Gasteiger partial charge in [0.15, 0.2) is 6.10 Å². The number of amides is 2. The second-order valence-electron chi connectivity index (χ2n) is 9.16. The summed E-state index contributed by atoms with van der Waals surface area (Å²) in [5.74, 6) is 0.0703. The number of hydrazone groups is 1. The van der Waals surface area contributed by atoms with Gasteiger partial charge in [-0.3, -0.25) is 9.59 Å². The summed E-state index contributed by atoms with van der Waals surface area (Å²) in [6, 6.07) is 30.4. The predicted molar refractivity (Wildman–Crippen MR) is 162 cm³/mol. The largest absolute Gasteiger partial charge is 0.489 e. The average molecular weight is 591 g/mol. The van der Waals surface area contributed by atoms with E-state index >= 15 is 0 Å². The second-order valence-corrected chi connectivity index (χ2v) is 10.0. The number of ether oxygens (including phenoxy) is 2. The highest BCUT2D eigenvalue weighted by Crippen LogP contribution is 2.28. The first-order valence-corrected chi connectivity index (χ1v) is 13.7. The standard InChI is InChI=1S/C32H29Cl2N3O4/c1-22(41-30-17-14-26(33)19-28(30)34)31(38)36-29(18-23-8-4-2-5-9-23)32(39)37-35-20-24-12-15-27(16-13-24)40-21-25-10-6-3-7-11-25/h2-17,19-20,22,29H,18,21H2,1H3,(H,36,38)(H,37,39)/b35-20-/t22-,29-/m0/s1. The van der Waals surface area contributed by atoms with Crippen LogP contribution in [0, 0.1) is 0 Å². The number of nitrogens with zero attached hydrogens (tertiary/aromatic N) is 1. The van der Waals surface area contributed by atoms with Gasteiger partial charge in [-0.15, -0.1) is 0 Å². The van der Waals surface area contributed by atoms with Crippen molar-refractivity contribution in [2.24, 2.45) is 5.10 Å². The average Bonchev–Trinajstić information content (AvgIpc) is 2.98. The number of hydrogen-bond acceptors (Lipinski definition) is 5. The summed E-state index contributed by atoms with van der Waals surface area (Å²) in [6.07, 6.45) is 0.857. The number of carbonyl (C=O) groups excluding carboxylic acids is 2. The monoisotopic (exact) mass is 589 g/mol. The fourth-order valence-corrected chi connectivity index (χ4v) is 4.26. The number of nitrogens with one attached hydrogen (secondary N) is 2. The number of halogens is 2. The van der Waals surface area contributed by atoms with Crippen molar-refractivity contribution in [3.8, 4) is 11.5 Å². The van der Waals surface area contributed by atoms with Crippen LogP contribution in [0.5, 0.6) is 11.5 Å². The molecule has 0 aliphatic rings. The lowest BCUT2D eigenvalue weighted by Gasteiger charge is -2.21. The molecule has 7 nitrogen and oxygen atoms in total. The molecule has 0 saturated heterocycles. The van der Waals surface area contributed by atoms with Gasteiger partial charge in [-0.1, -0.05) is 83.9 Å². The second kappa shape index (κ2) is 14.9. The molecule has 0 fully saturated rings. The Morgan fingerprint density at radius 1 is 0.854 bits per heavy atom. The Morgan fingerprint density at radius 2 is 1.51 bits per heavy atom. The molecule has 0 aliphatic carbocycles. The quantitative estimate of drug-likeness (QED) is 0.152. The summed E-state index contributed by atoms with van der Waals surface area (Å²) in [5, 5.41) is 7.58. The summed E-state index contributed by atoms with van der Waals surface area (Å²) >= 11 is 12.1. The van der Waals surface area contributed by atoms with E-state index in [1.54, 1.807) is 19.1 Å². The van der Waals surface area contributed by atoms with Crippen LogP contribution in [-0.4, -0.2) is 30.2 Å². The van der Waals surface area contributed by atoms with Gasteiger partial charge in [0.2, 0.25) is 0 Å². The highest BCUT2D eigenvalue weighted by Gasteiger charge is 2.25. The van der Waals surface area contributed by atoms with Crippen LogP contribution in [0.1, 0.15) is 23.6 Å². The molecule has 0 spiro atoms. The molecule has 41 heavy (non-hydrogen) atoms. The maximum absolute atomic E-state index is 13.1. The molecule has 4 aromatic carbocycles. The molecule has 2 amide bonds. The van der Waals surface area contributed by atoms with E-state index in [-0.39, 0.29) is 11.4 Å². The van der Waals surface area contributed by atoms with Crippen molar-refractivity contribution in [1.82, 2.24) is 10.7 Å². The molecule has 4 rings (SSSR count). The van der Waals surface area contributed by atoms with E-state index < -0.39 is 24.0 Å². The number of carbonyl (C=O) groups is 2. The topological polar surface area (TPSA) is 89.0 Å². The van der Waals surface area contributed by atoms with Crippen LogP contribution in [-0.2, 0) is 22.6 Å². The van der Waals surface area contributed by atoms with Gasteiger partial charge in [-0.05, 0) is 66.1 Å². The van der Waals surface area contributed by atoms with Crippen molar-refractivity contribution in [3.05, 3.63) is 130 Å². The lowest BCUT2D eigenvalue weighted by Crippen LogP contribution is -2.50. The maximum atomic E-state index is 13.1. The van der Waals surface area contributed by atoms with Gasteiger partial charge >= 0.3 is 0 Å². The van der Waals surface area contributed by atoms with Crippen molar-refractivity contribution >= 4 is 41.2 Å². The first-order valence-electron chi connectivity index (χ1n) is 12.9. The fourth-order valence-electron chi connectivity index (χ4n) is 3.80. The molecular formula is C32H29Cl2N3O4. The van der Waals surface area contributed by atoms with Gasteiger partial charge in [0.1, 0.15) is 24.1 Å². The molecule has 2 N–H and O–H groups in total. The molecule has 0 aliphatic heterocycles. The third kappa shape index (κ3) is 9.38. The first-order chi connectivity index (χ1) is 19.9. The molecular weight excluding hydrogens is 561 g/mol. The van der Waals surface area contributed by atoms with Crippen molar-refractivity contribution < 1.29 is 19.1 Å². The van der Waals surface area contributed by atoms with E-state index in [0.717, 1.165) is 22.4 Å². The third-order valence-electron chi connectivity index (χ3n) is 6.00. The first kappa shape index (κ1) is 29.6. The van der Waals surface area contributed by atoms with Crippen LogP contribution in [0.3, 0.4) is 0 Å². The van der Waals surface area contributed by atoms with Crippen LogP contribution < -0.4 is 20.2 Å². The molecule has 0 unspecified atom stereocenters. The van der Waals surface area contributed by atoms with E-state index in [9.17, 15) is 9.59 Å². The van der Waals surface area contributed by atoms with Gasteiger partial charge in [0, 0.05) is 11.4 Å². The van der Waals surface area contributed by atoms with Crippen molar-refractivity contribution in [1.29, 1.82) is 0 Å². The Bertz CT molecular complexity index is 1470. The summed E-state index contributed by atoms with van der Waals surface area (Å²) in [5.41, 5.74) is 5.25. The minimum atomic E-state index is -0.925. The zero-order valence-electron chi connectivity index (χ0n) is 22.3. The molecule has 0 aromatic heterocycles. The Labute approximate surface area is 249 Å². The van der Waals surface area contributed by atoms with Crippen molar-refractivity contribution in [2.75, 3.05) is 0 Å². The molecule has 0 heterocycles. The van der Waals surface area contributed by atoms with Crippen molar-refractivity contribution in [3.63, 3.8) is 0 Å². The molecule has 0 radical (unpaired) electrons. The predicted octanol–water partition coefficient (Wildman–Crippen LogP) is 6.22. The minimum absolute atomic E-state index is 0.260. The van der Waals surface area contributed by atoms with Gasteiger partial charge < -0.3 is 14.8 Å². The summed E-state index contributed by atoms with van der Waals surface area (Å²) < 4.78 is 11.5. The Balaban J connectivity index is 1.35. The fraction of sp³-hybridized carbons (Fsp3) is 0.156. The SMILES string of the molecule is C[C@H](Oc1ccc(Cl)cc1Cl)C(=O)N[C@@H](Cc1ccccc1)C(=O)N/N=C\c1ccc(OCc2ccccc2)cc1. The van der Waals surface area contributed by atoms with E-state index in [0.29, 0.717) is 17.4 Å². The minimum Gasteiger partial charge on any atom is -0.489 e. The normalized spacial score (nSPS) is 12.4. The highest BCUT2D eigenvalue weighted by atomic mass is 35.5. The van der Waals surface area contributed by atoms with Gasteiger partial charge in [-0.2, -0.15) is 5.10 Å². The molecule has 0 saturated carbocycles. The van der Waals surface area contributed by atoms with Gasteiger partial charge in [0.05, 0.1) is 11.2 Å². The van der Waals surface area contributed by atoms with Crippen LogP contribution in [0.25, 0.3) is 0 Å². The zero-order valence-corrected chi connectivity index (χ0v) is 23.8. The molecule has 4 aromatic rings. The summed E-state index contributed by atoms with van der Waals surface area (Å²) in [7, 11) is 0.